The lowest BCUT2D eigenvalue weighted by molar-refractivity contribution is -0.157. The van der Waals surface area contributed by atoms with Gasteiger partial charge in [-0.3, -0.25) is 14.5 Å². The molecule has 2 aliphatic rings. The van der Waals surface area contributed by atoms with Gasteiger partial charge in [0.15, 0.2) is 0 Å². The fraction of sp³-hybridized carbons (Fsp3) is 0.600. The van der Waals surface area contributed by atoms with E-state index in [0.29, 0.717) is 12.1 Å². The summed E-state index contributed by atoms with van der Waals surface area (Å²) in [6.45, 7) is 4.64. The summed E-state index contributed by atoms with van der Waals surface area (Å²) in [6.07, 6.45) is 4.18. The van der Waals surface area contributed by atoms with Gasteiger partial charge in [0.2, 0.25) is 0 Å². The van der Waals surface area contributed by atoms with E-state index in [1.165, 1.54) is 19.8 Å². The molecule has 25 heavy (non-hydrogen) atoms. The van der Waals surface area contributed by atoms with E-state index in [2.05, 4.69) is 11.8 Å². The average Bonchev–Trinajstić information content (AvgIpc) is 2.85. The van der Waals surface area contributed by atoms with Crippen molar-refractivity contribution < 1.29 is 19.1 Å². The molecule has 4 atom stereocenters. The molecule has 0 radical (unpaired) electrons. The Morgan fingerprint density at radius 1 is 1.16 bits per heavy atom. The van der Waals surface area contributed by atoms with Crippen LogP contribution in [0.2, 0.25) is 0 Å². The minimum absolute atomic E-state index is 0.0266. The molecule has 2 bridgehead atoms. The number of nitrogens with zero attached hydrogens (tertiary/aromatic N) is 1. The maximum atomic E-state index is 12.8. The lowest BCUT2D eigenvalue weighted by atomic mass is 9.98. The van der Waals surface area contributed by atoms with Gasteiger partial charge < -0.3 is 9.47 Å². The van der Waals surface area contributed by atoms with E-state index in [1.807, 2.05) is 30.3 Å². The van der Waals surface area contributed by atoms with Crippen molar-refractivity contribution in [1.82, 2.24) is 4.90 Å². The van der Waals surface area contributed by atoms with E-state index in [1.54, 1.807) is 0 Å². The Labute approximate surface area is 149 Å². The van der Waals surface area contributed by atoms with Gasteiger partial charge in [0, 0.05) is 31.8 Å². The van der Waals surface area contributed by atoms with E-state index in [9.17, 15) is 9.59 Å². The molecule has 2 heterocycles. The monoisotopic (exact) mass is 345 g/mol. The number of esters is 2. The normalized spacial score (nSPS) is 26.9. The minimum Gasteiger partial charge on any atom is -0.465 e. The lowest BCUT2D eigenvalue weighted by Gasteiger charge is -2.38. The Morgan fingerprint density at radius 2 is 1.80 bits per heavy atom. The fourth-order valence-corrected chi connectivity index (χ4v) is 4.27. The summed E-state index contributed by atoms with van der Waals surface area (Å²) in [5.74, 6) is -1.24. The van der Waals surface area contributed by atoms with Gasteiger partial charge in [0.1, 0.15) is 18.6 Å². The summed E-state index contributed by atoms with van der Waals surface area (Å²) in [4.78, 5) is 26.5. The zero-order valence-corrected chi connectivity index (χ0v) is 15.0. The molecule has 3 rings (SSSR count). The van der Waals surface area contributed by atoms with E-state index < -0.39 is 5.92 Å². The molecule has 0 aliphatic carbocycles. The van der Waals surface area contributed by atoms with Crippen LogP contribution in [0.1, 0.15) is 51.0 Å². The van der Waals surface area contributed by atoms with E-state index in [4.69, 9.17) is 9.47 Å². The molecule has 0 saturated carbocycles. The zero-order valence-electron chi connectivity index (χ0n) is 15.0. The van der Waals surface area contributed by atoms with Crippen LogP contribution in [0.15, 0.2) is 30.3 Å². The molecule has 1 aromatic rings. The molecular formula is C20H27NO4. The molecule has 2 saturated heterocycles. The number of rotatable bonds is 6. The predicted molar refractivity (Wildman–Crippen MR) is 94.1 cm³/mol. The Kier molecular flexibility index (Phi) is 5.74. The first kappa shape index (κ1) is 17.9. The standard InChI is InChI=1S/C20H27NO4/c1-3-21-16-9-10-17(21)12-18(11-16)25-20(23)19(13-24-14(2)22)15-7-5-4-6-8-15/h4-8,16-19H,3,9-13H2,1-2H3/t16-,17+,18?,19-/m1/s1. The molecule has 0 amide bonds. The van der Waals surface area contributed by atoms with Gasteiger partial charge in [-0.15, -0.1) is 0 Å². The van der Waals surface area contributed by atoms with Gasteiger partial charge >= 0.3 is 11.9 Å². The van der Waals surface area contributed by atoms with E-state index in [0.717, 1.165) is 24.9 Å². The summed E-state index contributed by atoms with van der Waals surface area (Å²) in [7, 11) is 0. The number of carbonyl (C=O) groups is 2. The first-order chi connectivity index (χ1) is 12.1. The second kappa shape index (κ2) is 8.00. The summed E-state index contributed by atoms with van der Waals surface area (Å²) in [6, 6.07) is 10.5. The molecule has 136 valence electrons. The first-order valence-corrected chi connectivity index (χ1v) is 9.23. The summed E-state index contributed by atoms with van der Waals surface area (Å²) >= 11 is 0. The van der Waals surface area contributed by atoms with Gasteiger partial charge in [-0.25, -0.2) is 0 Å². The topological polar surface area (TPSA) is 55.8 Å². The maximum absolute atomic E-state index is 12.8. The molecule has 5 heteroatoms. The lowest BCUT2D eigenvalue weighted by Crippen LogP contribution is -2.46. The third kappa shape index (κ3) is 4.21. The summed E-state index contributed by atoms with van der Waals surface area (Å²) < 4.78 is 11.0. The largest absolute Gasteiger partial charge is 0.465 e. The number of ether oxygens (including phenoxy) is 2. The van der Waals surface area contributed by atoms with Crippen molar-refractivity contribution in [3.8, 4) is 0 Å². The first-order valence-electron chi connectivity index (χ1n) is 9.23. The quantitative estimate of drug-likeness (QED) is 0.742. The molecule has 5 nitrogen and oxygen atoms in total. The van der Waals surface area contributed by atoms with Crippen LogP contribution < -0.4 is 0 Å². The summed E-state index contributed by atoms with van der Waals surface area (Å²) in [5.41, 5.74) is 0.822. The van der Waals surface area contributed by atoms with Gasteiger partial charge in [-0.05, 0) is 24.9 Å². The van der Waals surface area contributed by atoms with Crippen molar-refractivity contribution in [3.05, 3.63) is 35.9 Å². The Hall–Kier alpha value is -1.88. The molecule has 1 unspecified atom stereocenters. The SMILES string of the molecule is CCN1[C@@H]2CC[C@H]1CC(OC(=O)[C@H](COC(C)=O)c1ccccc1)C2. The second-order valence-electron chi connectivity index (χ2n) is 7.01. The molecule has 0 spiro atoms. The van der Waals surface area contributed by atoms with Crippen LogP contribution in [0.5, 0.6) is 0 Å². The van der Waals surface area contributed by atoms with E-state index >= 15 is 0 Å². The minimum atomic E-state index is -0.563. The van der Waals surface area contributed by atoms with Gasteiger partial charge in [-0.1, -0.05) is 37.3 Å². The van der Waals surface area contributed by atoms with Crippen molar-refractivity contribution in [2.45, 2.75) is 63.6 Å². The van der Waals surface area contributed by atoms with Crippen molar-refractivity contribution in [2.24, 2.45) is 0 Å². The Balaban J connectivity index is 1.65. The van der Waals surface area contributed by atoms with Crippen LogP contribution in [-0.2, 0) is 19.1 Å². The van der Waals surface area contributed by atoms with Crippen LogP contribution >= 0.6 is 0 Å². The molecule has 0 N–H and O–H groups in total. The number of benzene rings is 1. The highest BCUT2D eigenvalue weighted by atomic mass is 16.6. The average molecular weight is 345 g/mol. The van der Waals surface area contributed by atoms with E-state index in [-0.39, 0.29) is 24.6 Å². The predicted octanol–water partition coefficient (Wildman–Crippen LogP) is 2.89. The molecular weight excluding hydrogens is 318 g/mol. The zero-order chi connectivity index (χ0) is 17.8. The highest BCUT2D eigenvalue weighted by Gasteiger charge is 2.41. The summed E-state index contributed by atoms with van der Waals surface area (Å²) in [5, 5.41) is 0. The molecule has 2 aliphatic heterocycles. The Bertz CT molecular complexity index is 589. The molecule has 2 fully saturated rings. The van der Waals surface area contributed by atoms with Crippen LogP contribution in [-0.4, -0.2) is 48.2 Å². The Morgan fingerprint density at radius 3 is 2.36 bits per heavy atom. The van der Waals surface area contributed by atoms with Crippen molar-refractivity contribution in [2.75, 3.05) is 13.2 Å². The highest BCUT2D eigenvalue weighted by Crippen LogP contribution is 2.37. The third-order valence-electron chi connectivity index (χ3n) is 5.43. The molecule has 0 aromatic heterocycles. The fourth-order valence-electron chi connectivity index (χ4n) is 4.27. The molecule has 1 aromatic carbocycles. The maximum Gasteiger partial charge on any atom is 0.317 e. The number of hydrogen-bond donors (Lipinski definition) is 0. The van der Waals surface area contributed by atoms with Gasteiger partial charge in [0.05, 0.1) is 0 Å². The number of hydrogen-bond acceptors (Lipinski definition) is 5. The van der Waals surface area contributed by atoms with Crippen molar-refractivity contribution in [3.63, 3.8) is 0 Å². The smallest absolute Gasteiger partial charge is 0.317 e. The van der Waals surface area contributed by atoms with Crippen LogP contribution in [0, 0.1) is 0 Å². The van der Waals surface area contributed by atoms with Crippen molar-refractivity contribution in [1.29, 1.82) is 0 Å². The van der Waals surface area contributed by atoms with Crippen LogP contribution in [0.4, 0.5) is 0 Å². The second-order valence-corrected chi connectivity index (χ2v) is 7.01. The third-order valence-corrected chi connectivity index (χ3v) is 5.43. The number of fused-ring (bicyclic) bond motifs is 2. The van der Waals surface area contributed by atoms with Gasteiger partial charge in [-0.2, -0.15) is 0 Å². The van der Waals surface area contributed by atoms with Crippen LogP contribution in [0.3, 0.4) is 0 Å². The number of carbonyl (C=O) groups excluding carboxylic acids is 2. The van der Waals surface area contributed by atoms with Gasteiger partial charge in [0.25, 0.3) is 0 Å². The van der Waals surface area contributed by atoms with Crippen LogP contribution in [0.25, 0.3) is 0 Å². The number of piperidine rings is 1. The van der Waals surface area contributed by atoms with Crippen molar-refractivity contribution >= 4 is 11.9 Å². The highest BCUT2D eigenvalue weighted by molar-refractivity contribution is 5.79.